The normalized spacial score (nSPS) is 43.1. The quantitative estimate of drug-likeness (QED) is 0.568. The van der Waals surface area contributed by atoms with E-state index in [2.05, 4.69) is 31.9 Å². The molecule has 0 bridgehead atoms. The Bertz CT molecular complexity index is 270. The largest absolute Gasteiger partial charge is 0.382 e. The van der Waals surface area contributed by atoms with Crippen molar-refractivity contribution in [2.75, 3.05) is 26.0 Å². The van der Waals surface area contributed by atoms with Crippen molar-refractivity contribution in [1.82, 2.24) is 0 Å². The Morgan fingerprint density at radius 3 is 2.67 bits per heavy atom. The second-order valence-electron chi connectivity index (χ2n) is 4.27. The third-order valence-corrected chi connectivity index (χ3v) is 8.93. The van der Waals surface area contributed by atoms with Crippen LogP contribution in [0.5, 0.6) is 0 Å². The number of methoxy groups -OCH3 is 1. The van der Waals surface area contributed by atoms with Crippen LogP contribution in [0.1, 0.15) is 13.8 Å². The molecule has 1 heterocycles. The number of hydrogen-bond acceptors (Lipinski definition) is 3. The first kappa shape index (κ1) is 14.2. The van der Waals surface area contributed by atoms with Gasteiger partial charge in [0.05, 0.1) is 12.7 Å². The zero-order chi connectivity index (χ0) is 11.7. The van der Waals surface area contributed by atoms with Crippen molar-refractivity contribution in [3.63, 3.8) is 0 Å². The fourth-order valence-electron chi connectivity index (χ4n) is 1.74. The van der Waals surface area contributed by atoms with Gasteiger partial charge in [-0.25, -0.2) is 0 Å². The SMILES string of the molecule is COC[C@H](C)OP1(=O)CC(Br)C(C)(Br)C1. The molecule has 1 aliphatic heterocycles. The molecule has 1 fully saturated rings. The molecule has 3 nitrogen and oxygen atoms in total. The average molecular weight is 364 g/mol. The van der Waals surface area contributed by atoms with Crippen LogP contribution in [0.3, 0.4) is 0 Å². The van der Waals surface area contributed by atoms with E-state index in [4.69, 9.17) is 9.26 Å². The maximum absolute atomic E-state index is 12.4. The Morgan fingerprint density at radius 2 is 2.27 bits per heavy atom. The molecule has 0 aliphatic carbocycles. The van der Waals surface area contributed by atoms with Gasteiger partial charge in [-0.15, -0.1) is 0 Å². The lowest BCUT2D eigenvalue weighted by Gasteiger charge is -2.20. The molecule has 0 spiro atoms. The Balaban J connectivity index is 2.59. The summed E-state index contributed by atoms with van der Waals surface area (Å²) < 4.78 is 22.8. The van der Waals surface area contributed by atoms with Crippen LogP contribution in [0.25, 0.3) is 0 Å². The van der Waals surface area contributed by atoms with Gasteiger partial charge < -0.3 is 9.26 Å². The van der Waals surface area contributed by atoms with Crippen molar-refractivity contribution in [2.24, 2.45) is 0 Å². The van der Waals surface area contributed by atoms with Crippen LogP contribution in [0.4, 0.5) is 0 Å². The third-order valence-electron chi connectivity index (χ3n) is 2.42. The van der Waals surface area contributed by atoms with Crippen LogP contribution in [-0.4, -0.2) is 41.3 Å². The lowest BCUT2D eigenvalue weighted by molar-refractivity contribution is 0.0944. The minimum Gasteiger partial charge on any atom is -0.382 e. The summed E-state index contributed by atoms with van der Waals surface area (Å²) in [4.78, 5) is 0.200. The highest BCUT2D eigenvalue weighted by atomic mass is 79.9. The van der Waals surface area contributed by atoms with Crippen molar-refractivity contribution < 1.29 is 13.8 Å². The van der Waals surface area contributed by atoms with E-state index in [0.717, 1.165) is 0 Å². The number of rotatable bonds is 4. The first-order chi connectivity index (χ1) is 6.79. The molecular weight excluding hydrogens is 347 g/mol. The first-order valence-corrected chi connectivity index (χ1v) is 8.58. The van der Waals surface area contributed by atoms with E-state index in [-0.39, 0.29) is 15.3 Å². The Hall–Kier alpha value is 1.11. The van der Waals surface area contributed by atoms with Crippen molar-refractivity contribution >= 4 is 39.2 Å². The monoisotopic (exact) mass is 362 g/mol. The molecule has 0 radical (unpaired) electrons. The number of ether oxygens (including phenoxy) is 1. The molecule has 0 aromatic carbocycles. The van der Waals surface area contributed by atoms with Crippen molar-refractivity contribution in [2.45, 2.75) is 29.1 Å². The van der Waals surface area contributed by atoms with Gasteiger partial charge in [-0.1, -0.05) is 31.9 Å². The van der Waals surface area contributed by atoms with Gasteiger partial charge in [-0.05, 0) is 13.8 Å². The van der Waals surface area contributed by atoms with Gasteiger partial charge in [0.15, 0.2) is 0 Å². The molecule has 0 aromatic heterocycles. The molecule has 0 N–H and O–H groups in total. The molecule has 0 aromatic rings. The fourth-order valence-corrected chi connectivity index (χ4v) is 8.10. The first-order valence-electron chi connectivity index (χ1n) is 4.87. The molecule has 4 atom stereocenters. The van der Waals surface area contributed by atoms with Crippen LogP contribution in [-0.2, 0) is 13.8 Å². The predicted octanol–water partition coefficient (Wildman–Crippen LogP) is 3.25. The molecule has 90 valence electrons. The van der Waals surface area contributed by atoms with Gasteiger partial charge >= 0.3 is 0 Å². The van der Waals surface area contributed by atoms with Crippen molar-refractivity contribution in [3.05, 3.63) is 0 Å². The van der Waals surface area contributed by atoms with Crippen LogP contribution in [0.15, 0.2) is 0 Å². The van der Waals surface area contributed by atoms with Gasteiger partial charge in [0.25, 0.3) is 0 Å². The molecule has 1 aliphatic rings. The van der Waals surface area contributed by atoms with Crippen LogP contribution in [0, 0.1) is 0 Å². The topological polar surface area (TPSA) is 35.5 Å². The van der Waals surface area contributed by atoms with E-state index < -0.39 is 7.37 Å². The predicted molar refractivity (Wildman–Crippen MR) is 69.8 cm³/mol. The minimum atomic E-state index is -2.51. The summed E-state index contributed by atoms with van der Waals surface area (Å²) >= 11 is 7.12. The minimum absolute atomic E-state index is 0.109. The molecule has 0 amide bonds. The Morgan fingerprint density at radius 1 is 1.67 bits per heavy atom. The van der Waals surface area contributed by atoms with Crippen molar-refractivity contribution in [1.29, 1.82) is 0 Å². The maximum atomic E-state index is 12.4. The molecule has 0 saturated carbocycles. The lowest BCUT2D eigenvalue weighted by atomic mass is 10.2. The van der Waals surface area contributed by atoms with Crippen LogP contribution in [0.2, 0.25) is 0 Å². The highest BCUT2D eigenvalue weighted by molar-refractivity contribution is 9.12. The number of alkyl halides is 2. The average Bonchev–Trinajstić information content (AvgIpc) is 2.19. The summed E-state index contributed by atoms with van der Waals surface area (Å²) in [5.41, 5.74) is 0. The highest BCUT2D eigenvalue weighted by Gasteiger charge is 2.48. The Kier molecular flexibility index (Phi) is 4.89. The van der Waals surface area contributed by atoms with E-state index in [1.807, 2.05) is 13.8 Å². The van der Waals surface area contributed by atoms with E-state index in [1.54, 1.807) is 7.11 Å². The lowest BCUT2D eigenvalue weighted by Crippen LogP contribution is -2.25. The molecule has 1 rings (SSSR count). The standard InChI is InChI=1S/C9H17Br2O3P/c1-7(4-13-3)14-15(12)5-8(10)9(2,11)6-15/h7-8H,4-6H2,1-3H3/t7-,8?,9?,15?/m0/s1. The molecular formula is C9H17Br2O3P. The molecule has 15 heavy (non-hydrogen) atoms. The maximum Gasteiger partial charge on any atom is 0.206 e. The number of hydrogen-bond donors (Lipinski definition) is 0. The summed E-state index contributed by atoms with van der Waals surface area (Å²) in [7, 11) is -0.890. The van der Waals surface area contributed by atoms with Gasteiger partial charge in [0.2, 0.25) is 7.37 Å². The summed E-state index contributed by atoms with van der Waals surface area (Å²) in [6.07, 6.45) is 1.05. The second-order valence-corrected chi connectivity index (χ2v) is 9.71. The van der Waals surface area contributed by atoms with E-state index in [0.29, 0.717) is 18.9 Å². The molecule has 3 unspecified atom stereocenters. The Labute approximate surface area is 108 Å². The van der Waals surface area contributed by atoms with Gasteiger partial charge in [-0.3, -0.25) is 4.57 Å². The smallest absolute Gasteiger partial charge is 0.206 e. The van der Waals surface area contributed by atoms with E-state index in [9.17, 15) is 4.57 Å². The zero-order valence-electron chi connectivity index (χ0n) is 9.20. The number of halogens is 2. The summed E-state index contributed by atoms with van der Waals surface area (Å²) in [6, 6.07) is 0. The summed E-state index contributed by atoms with van der Waals surface area (Å²) in [5.74, 6) is 0. The van der Waals surface area contributed by atoms with E-state index >= 15 is 0 Å². The van der Waals surface area contributed by atoms with Crippen molar-refractivity contribution in [3.8, 4) is 0 Å². The van der Waals surface area contributed by atoms with Gasteiger partial charge in [0.1, 0.15) is 0 Å². The highest BCUT2D eigenvalue weighted by Crippen LogP contribution is 2.61. The van der Waals surface area contributed by atoms with E-state index in [1.165, 1.54) is 0 Å². The van der Waals surface area contributed by atoms with Crippen LogP contribution >= 0.6 is 39.2 Å². The molecule has 6 heteroatoms. The summed E-state index contributed by atoms with van der Waals surface area (Å²) in [5, 5.41) is 0. The van der Waals surface area contributed by atoms with Crippen LogP contribution < -0.4 is 0 Å². The second kappa shape index (κ2) is 5.18. The summed E-state index contributed by atoms with van der Waals surface area (Å²) in [6.45, 7) is 4.41. The fraction of sp³-hybridized carbons (Fsp3) is 1.00. The third kappa shape index (κ3) is 3.81. The molecule has 1 saturated heterocycles. The van der Waals surface area contributed by atoms with Gasteiger partial charge in [-0.2, -0.15) is 0 Å². The van der Waals surface area contributed by atoms with Gasteiger partial charge in [0, 0.05) is 28.6 Å². The zero-order valence-corrected chi connectivity index (χ0v) is 13.3.